The van der Waals surface area contributed by atoms with E-state index in [1.165, 1.54) is 25.1 Å². The molecule has 0 spiro atoms. The van der Waals surface area contributed by atoms with E-state index < -0.39 is 23.8 Å². The van der Waals surface area contributed by atoms with E-state index >= 15 is 0 Å². The highest BCUT2D eigenvalue weighted by Gasteiger charge is 2.19. The summed E-state index contributed by atoms with van der Waals surface area (Å²) in [5, 5.41) is 11.5. The van der Waals surface area contributed by atoms with E-state index in [2.05, 4.69) is 5.32 Å². The normalized spacial score (nSPS) is 11.2. The topological polar surface area (TPSA) is 79.2 Å². The number of esters is 1. The first-order chi connectivity index (χ1) is 11.5. The highest BCUT2D eigenvalue weighted by atomic mass is 19.1. The van der Waals surface area contributed by atoms with Crippen molar-refractivity contribution in [2.75, 3.05) is 5.32 Å². The maximum Gasteiger partial charge on any atom is 0.311 e. The Balaban J connectivity index is 1.94. The third-order valence-corrected chi connectivity index (χ3v) is 3.22. The van der Waals surface area contributed by atoms with Gasteiger partial charge in [0.1, 0.15) is 11.9 Å². The van der Waals surface area contributed by atoms with Gasteiger partial charge in [0.2, 0.25) is 0 Å². The first-order valence-corrected chi connectivity index (χ1v) is 7.23. The van der Waals surface area contributed by atoms with E-state index in [9.17, 15) is 14.0 Å². The Morgan fingerprint density at radius 3 is 2.71 bits per heavy atom. The Bertz CT molecular complexity index is 799. The van der Waals surface area contributed by atoms with Gasteiger partial charge in [-0.2, -0.15) is 5.26 Å². The summed E-state index contributed by atoms with van der Waals surface area (Å²) in [6.45, 7) is 1.42. The molecule has 0 aliphatic heterocycles. The minimum absolute atomic E-state index is 0.135. The number of benzene rings is 2. The molecule has 5 nitrogen and oxygen atoms in total. The zero-order valence-electron chi connectivity index (χ0n) is 13.0. The molecule has 0 bridgehead atoms. The first-order valence-electron chi connectivity index (χ1n) is 7.23. The van der Waals surface area contributed by atoms with Crippen LogP contribution in [-0.4, -0.2) is 18.0 Å². The van der Waals surface area contributed by atoms with Crippen molar-refractivity contribution in [2.24, 2.45) is 0 Å². The fourth-order valence-corrected chi connectivity index (χ4v) is 2.03. The summed E-state index contributed by atoms with van der Waals surface area (Å²) in [6, 6.07) is 14.1. The molecule has 0 fully saturated rings. The van der Waals surface area contributed by atoms with Crippen LogP contribution in [0.2, 0.25) is 0 Å². The van der Waals surface area contributed by atoms with Gasteiger partial charge in [0.25, 0.3) is 5.91 Å². The molecular weight excluding hydrogens is 311 g/mol. The molecule has 2 aromatic carbocycles. The fraction of sp³-hybridized carbons (Fsp3) is 0.167. The molecule has 0 aliphatic rings. The van der Waals surface area contributed by atoms with Crippen molar-refractivity contribution in [3.8, 4) is 6.07 Å². The molecule has 1 atom stereocenters. The van der Waals surface area contributed by atoms with Crippen molar-refractivity contribution in [1.29, 1.82) is 5.26 Å². The van der Waals surface area contributed by atoms with Crippen molar-refractivity contribution in [2.45, 2.75) is 19.4 Å². The molecule has 2 aromatic rings. The van der Waals surface area contributed by atoms with Crippen LogP contribution in [0.4, 0.5) is 10.1 Å². The molecule has 0 saturated carbocycles. The summed E-state index contributed by atoms with van der Waals surface area (Å²) in [5.74, 6) is -1.64. The van der Waals surface area contributed by atoms with Crippen molar-refractivity contribution in [3.05, 3.63) is 65.5 Å². The van der Waals surface area contributed by atoms with Gasteiger partial charge in [-0.1, -0.05) is 24.3 Å². The lowest BCUT2D eigenvalue weighted by atomic mass is 10.1. The Kier molecular flexibility index (Phi) is 5.63. The second kappa shape index (κ2) is 7.88. The van der Waals surface area contributed by atoms with Crippen LogP contribution in [0, 0.1) is 17.1 Å². The smallest absolute Gasteiger partial charge is 0.311 e. The number of anilines is 1. The van der Waals surface area contributed by atoms with Gasteiger partial charge >= 0.3 is 5.97 Å². The lowest BCUT2D eigenvalue weighted by molar-refractivity contribution is -0.152. The molecular formula is C18H15FN2O3. The lowest BCUT2D eigenvalue weighted by Crippen LogP contribution is -2.30. The Morgan fingerprint density at radius 2 is 2.00 bits per heavy atom. The second-order valence-corrected chi connectivity index (χ2v) is 5.09. The number of hydrogen-bond acceptors (Lipinski definition) is 4. The van der Waals surface area contributed by atoms with E-state index in [0.717, 1.165) is 0 Å². The molecule has 0 unspecified atom stereocenters. The van der Waals surface area contributed by atoms with E-state index in [0.29, 0.717) is 16.8 Å². The molecule has 0 aromatic heterocycles. The van der Waals surface area contributed by atoms with Crippen LogP contribution in [0.5, 0.6) is 0 Å². The van der Waals surface area contributed by atoms with E-state index in [1.807, 2.05) is 6.07 Å². The number of nitriles is 1. The number of amides is 1. The number of hydrogen-bond donors (Lipinski definition) is 1. The molecule has 0 saturated heterocycles. The van der Waals surface area contributed by atoms with Gasteiger partial charge in [-0.15, -0.1) is 0 Å². The number of ether oxygens (including phenoxy) is 1. The summed E-state index contributed by atoms with van der Waals surface area (Å²) in [5.41, 5.74) is 1.12. The molecule has 0 radical (unpaired) electrons. The predicted octanol–water partition coefficient (Wildman–Crippen LogP) is 2.81. The zero-order chi connectivity index (χ0) is 17.5. The van der Waals surface area contributed by atoms with Crippen LogP contribution in [0.25, 0.3) is 0 Å². The van der Waals surface area contributed by atoms with Crippen LogP contribution >= 0.6 is 0 Å². The van der Waals surface area contributed by atoms with Crippen LogP contribution in [0.3, 0.4) is 0 Å². The van der Waals surface area contributed by atoms with E-state index in [-0.39, 0.29) is 6.42 Å². The van der Waals surface area contributed by atoms with Crippen molar-refractivity contribution >= 4 is 17.6 Å². The van der Waals surface area contributed by atoms with Crippen molar-refractivity contribution < 1.29 is 18.7 Å². The average Bonchev–Trinajstić information content (AvgIpc) is 2.55. The lowest BCUT2D eigenvalue weighted by Gasteiger charge is -2.14. The van der Waals surface area contributed by atoms with Gasteiger partial charge in [0.15, 0.2) is 6.10 Å². The summed E-state index contributed by atoms with van der Waals surface area (Å²) < 4.78 is 18.1. The van der Waals surface area contributed by atoms with Crippen LogP contribution in [0.15, 0.2) is 48.5 Å². The molecule has 2 rings (SSSR count). The standard InChI is InChI=1S/C18H15FN2O3/c1-12(18(23)21-16-8-3-2-6-14(16)11-20)24-17(22)10-13-5-4-7-15(19)9-13/h2-9,12H,10H2,1H3,(H,21,23)/t12-/m1/s1. The quantitative estimate of drug-likeness (QED) is 0.857. The van der Waals surface area contributed by atoms with Gasteiger partial charge in [0.05, 0.1) is 17.7 Å². The van der Waals surface area contributed by atoms with Gasteiger partial charge in [0, 0.05) is 0 Å². The van der Waals surface area contributed by atoms with Gasteiger partial charge in [-0.3, -0.25) is 9.59 Å². The molecule has 24 heavy (non-hydrogen) atoms. The number of rotatable bonds is 5. The summed E-state index contributed by atoms with van der Waals surface area (Å²) in [4.78, 5) is 23.9. The minimum atomic E-state index is -1.04. The predicted molar refractivity (Wildman–Crippen MR) is 85.4 cm³/mol. The van der Waals surface area contributed by atoms with E-state index in [4.69, 9.17) is 10.00 Å². The van der Waals surface area contributed by atoms with Crippen molar-refractivity contribution in [3.63, 3.8) is 0 Å². The Labute approximate surface area is 138 Å². The third kappa shape index (κ3) is 4.65. The number of para-hydroxylation sites is 1. The average molecular weight is 326 g/mol. The van der Waals surface area contributed by atoms with Gasteiger partial charge in [-0.05, 0) is 36.8 Å². The molecule has 1 N–H and O–H groups in total. The monoisotopic (exact) mass is 326 g/mol. The number of halogens is 1. The molecule has 122 valence electrons. The van der Waals surface area contributed by atoms with Gasteiger partial charge < -0.3 is 10.1 Å². The second-order valence-electron chi connectivity index (χ2n) is 5.09. The van der Waals surface area contributed by atoms with Crippen molar-refractivity contribution in [1.82, 2.24) is 0 Å². The van der Waals surface area contributed by atoms with Crippen LogP contribution in [0.1, 0.15) is 18.1 Å². The molecule has 6 heteroatoms. The number of carbonyl (C=O) groups excluding carboxylic acids is 2. The van der Waals surface area contributed by atoms with E-state index in [1.54, 1.807) is 30.3 Å². The third-order valence-electron chi connectivity index (χ3n) is 3.22. The zero-order valence-corrected chi connectivity index (χ0v) is 13.0. The van der Waals surface area contributed by atoms with Crippen LogP contribution < -0.4 is 5.32 Å². The minimum Gasteiger partial charge on any atom is -0.452 e. The summed E-state index contributed by atoms with van der Waals surface area (Å²) >= 11 is 0. The highest BCUT2D eigenvalue weighted by molar-refractivity contribution is 5.96. The number of carbonyl (C=O) groups is 2. The maximum atomic E-state index is 13.1. The number of nitrogens with one attached hydrogen (secondary N) is 1. The molecule has 1 amide bonds. The molecule has 0 aliphatic carbocycles. The first kappa shape index (κ1) is 17.2. The summed E-state index contributed by atoms with van der Waals surface area (Å²) in [7, 11) is 0. The van der Waals surface area contributed by atoms with Gasteiger partial charge in [-0.25, -0.2) is 4.39 Å². The summed E-state index contributed by atoms with van der Waals surface area (Å²) in [6.07, 6.45) is -1.18. The van der Waals surface area contributed by atoms with Crippen LogP contribution in [-0.2, 0) is 20.7 Å². The highest BCUT2D eigenvalue weighted by Crippen LogP contribution is 2.14. The largest absolute Gasteiger partial charge is 0.452 e. The Hall–Kier alpha value is -3.20. The fourth-order valence-electron chi connectivity index (χ4n) is 2.03. The molecule has 0 heterocycles. The maximum absolute atomic E-state index is 13.1. The number of nitrogens with zero attached hydrogens (tertiary/aromatic N) is 1. The SMILES string of the molecule is C[C@@H](OC(=O)Cc1cccc(F)c1)C(=O)Nc1ccccc1C#N. The Morgan fingerprint density at radius 1 is 1.25 bits per heavy atom.